The van der Waals surface area contributed by atoms with Crippen LogP contribution < -0.4 is 5.11 Å². The van der Waals surface area contributed by atoms with Gasteiger partial charge >= 0.3 is 0 Å². The normalized spacial score (nSPS) is 53.1. The molecule has 190 valence electrons. The molecule has 12 unspecified atom stereocenters. The predicted octanol–water partition coefficient (Wildman–Crippen LogP) is -0.280. The van der Waals surface area contributed by atoms with Crippen molar-refractivity contribution >= 4 is 17.5 Å². The Labute approximate surface area is 198 Å². The van der Waals surface area contributed by atoms with E-state index in [1.54, 1.807) is 0 Å². The third kappa shape index (κ3) is 3.50. The molecule has 0 spiro atoms. The van der Waals surface area contributed by atoms with Gasteiger partial charge in [0, 0.05) is 24.2 Å². The van der Waals surface area contributed by atoms with E-state index in [-0.39, 0.29) is 46.8 Å². The lowest BCUT2D eigenvalue weighted by Crippen LogP contribution is -2.63. The minimum absolute atomic E-state index is 0.0628. The first kappa shape index (κ1) is 24.3. The summed E-state index contributed by atoms with van der Waals surface area (Å²) in [6, 6.07) is 0. The Morgan fingerprint density at radius 1 is 1.06 bits per heavy atom. The van der Waals surface area contributed by atoms with Crippen LogP contribution in [0.15, 0.2) is 0 Å². The standard InChI is InChI=1S/C25H36O9/c1-24-8-7-12(33-23-20(30)18(28)19(29)21(34-23)22(31)32)9-11(24)3-4-13-14-5-6-16(27)25(14,2)10-15(26)17(13)24/h11-14,17-21,23,28-30H,3-10H2,1-2H3,(H,31,32)/p-1. The van der Waals surface area contributed by atoms with Crippen LogP contribution in [0.3, 0.4) is 0 Å². The van der Waals surface area contributed by atoms with Gasteiger partial charge in [0.2, 0.25) is 0 Å². The third-order valence-corrected chi connectivity index (χ3v) is 10.1. The number of carboxylic acid groups (broad SMARTS) is 1. The average molecular weight is 480 g/mol. The number of carbonyl (C=O) groups is 3. The van der Waals surface area contributed by atoms with Crippen LogP contribution in [0.2, 0.25) is 0 Å². The molecule has 9 nitrogen and oxygen atoms in total. The molecule has 5 aliphatic rings. The van der Waals surface area contributed by atoms with Gasteiger partial charge in [-0.1, -0.05) is 13.8 Å². The number of hydrogen-bond acceptors (Lipinski definition) is 9. The maximum atomic E-state index is 13.4. The molecule has 0 aromatic heterocycles. The Morgan fingerprint density at radius 2 is 1.79 bits per heavy atom. The lowest BCUT2D eigenvalue weighted by Gasteiger charge is -2.59. The molecule has 3 N–H and O–H groups in total. The molecule has 0 aromatic carbocycles. The smallest absolute Gasteiger partial charge is 0.187 e. The Bertz CT molecular complexity index is 874. The molecular weight excluding hydrogens is 444 g/mol. The number of hydrogen-bond donors (Lipinski definition) is 3. The molecule has 0 amide bonds. The molecule has 34 heavy (non-hydrogen) atoms. The maximum absolute atomic E-state index is 13.4. The lowest BCUT2D eigenvalue weighted by atomic mass is 9.45. The summed E-state index contributed by atoms with van der Waals surface area (Å²) in [7, 11) is 0. The van der Waals surface area contributed by atoms with Gasteiger partial charge in [0.1, 0.15) is 36.0 Å². The summed E-state index contributed by atoms with van der Waals surface area (Å²) in [5.41, 5.74) is -0.695. The van der Waals surface area contributed by atoms with Crippen LogP contribution in [0.1, 0.15) is 65.2 Å². The quantitative estimate of drug-likeness (QED) is 0.464. The number of carbonyl (C=O) groups excluding carboxylic acids is 3. The van der Waals surface area contributed by atoms with E-state index >= 15 is 0 Å². The summed E-state index contributed by atoms with van der Waals surface area (Å²) < 4.78 is 11.2. The minimum atomic E-state index is -1.81. The lowest BCUT2D eigenvalue weighted by molar-refractivity contribution is -0.354. The van der Waals surface area contributed by atoms with Crippen molar-refractivity contribution in [3.63, 3.8) is 0 Å². The predicted molar refractivity (Wildman–Crippen MR) is 114 cm³/mol. The van der Waals surface area contributed by atoms with Crippen LogP contribution >= 0.6 is 0 Å². The number of aliphatic hydroxyl groups is 3. The summed E-state index contributed by atoms with van der Waals surface area (Å²) in [4.78, 5) is 37.3. The first-order valence-corrected chi connectivity index (χ1v) is 12.6. The second kappa shape index (κ2) is 8.34. The monoisotopic (exact) mass is 479 g/mol. The Hall–Kier alpha value is -1.39. The molecule has 1 aliphatic heterocycles. The van der Waals surface area contributed by atoms with E-state index in [4.69, 9.17) is 9.47 Å². The van der Waals surface area contributed by atoms with E-state index < -0.39 is 42.1 Å². The second-order valence-electron chi connectivity index (χ2n) is 11.8. The van der Waals surface area contributed by atoms with Crippen LogP contribution in [0.4, 0.5) is 0 Å². The van der Waals surface area contributed by atoms with Crippen LogP contribution in [0.5, 0.6) is 0 Å². The zero-order chi connectivity index (χ0) is 24.6. The number of ether oxygens (including phenoxy) is 2. The van der Waals surface area contributed by atoms with Crippen LogP contribution in [0, 0.1) is 34.5 Å². The zero-order valence-corrected chi connectivity index (χ0v) is 19.7. The van der Waals surface area contributed by atoms with Gasteiger partial charge in [-0.2, -0.15) is 0 Å². The SMILES string of the molecule is CC12CC(=O)C3C(CCC4CC(OC5OC(C(=O)[O-])C(O)C(O)C5O)CCC43C)C1CCC2=O. The molecule has 5 fully saturated rings. The van der Waals surface area contributed by atoms with E-state index in [2.05, 4.69) is 6.92 Å². The molecule has 1 saturated heterocycles. The van der Waals surface area contributed by atoms with Gasteiger partial charge in [-0.05, 0) is 61.7 Å². The molecule has 9 heteroatoms. The molecule has 5 rings (SSSR count). The number of ketones is 2. The number of rotatable bonds is 3. The third-order valence-electron chi connectivity index (χ3n) is 10.1. The fourth-order valence-corrected chi connectivity index (χ4v) is 8.28. The first-order chi connectivity index (χ1) is 16.0. The Kier molecular flexibility index (Phi) is 5.96. The fourth-order valence-electron chi connectivity index (χ4n) is 8.28. The molecule has 4 saturated carbocycles. The van der Waals surface area contributed by atoms with Crippen molar-refractivity contribution in [1.29, 1.82) is 0 Å². The van der Waals surface area contributed by atoms with E-state index in [0.29, 0.717) is 25.7 Å². The van der Waals surface area contributed by atoms with Gasteiger partial charge in [-0.3, -0.25) is 9.59 Å². The molecular formula is C25H35O9-. The van der Waals surface area contributed by atoms with E-state index in [1.807, 2.05) is 6.92 Å². The highest BCUT2D eigenvalue weighted by atomic mass is 16.7. The number of Topliss-reactive ketones (excluding diaryl/α,β-unsaturated/α-hetero) is 2. The van der Waals surface area contributed by atoms with Gasteiger partial charge in [0.25, 0.3) is 0 Å². The van der Waals surface area contributed by atoms with Crippen molar-refractivity contribution in [3.05, 3.63) is 0 Å². The first-order valence-electron chi connectivity index (χ1n) is 12.6. The molecule has 1 heterocycles. The van der Waals surface area contributed by atoms with E-state index in [1.165, 1.54) is 0 Å². The van der Waals surface area contributed by atoms with Crippen LogP contribution in [0.25, 0.3) is 0 Å². The highest BCUT2D eigenvalue weighted by Crippen LogP contribution is 2.64. The summed E-state index contributed by atoms with van der Waals surface area (Å²) in [6.45, 7) is 4.18. The Balaban J connectivity index is 1.30. The van der Waals surface area contributed by atoms with Crippen molar-refractivity contribution in [1.82, 2.24) is 0 Å². The fraction of sp³-hybridized carbons (Fsp3) is 0.880. The number of aliphatic carboxylic acids is 1. The van der Waals surface area contributed by atoms with Gasteiger partial charge < -0.3 is 34.7 Å². The largest absolute Gasteiger partial charge is 0.547 e. The summed E-state index contributed by atoms with van der Waals surface area (Å²) >= 11 is 0. The molecule has 0 bridgehead atoms. The highest BCUT2D eigenvalue weighted by molar-refractivity contribution is 5.95. The van der Waals surface area contributed by atoms with E-state index in [0.717, 1.165) is 25.7 Å². The molecule has 0 aromatic rings. The van der Waals surface area contributed by atoms with Crippen molar-refractivity contribution in [2.24, 2.45) is 34.5 Å². The van der Waals surface area contributed by atoms with Crippen molar-refractivity contribution in [2.75, 3.05) is 0 Å². The summed E-state index contributed by atoms with van der Waals surface area (Å²) in [5.74, 6) is -0.574. The van der Waals surface area contributed by atoms with Crippen LogP contribution in [-0.4, -0.2) is 69.7 Å². The maximum Gasteiger partial charge on any atom is 0.187 e. The van der Waals surface area contributed by atoms with Gasteiger partial charge in [-0.15, -0.1) is 0 Å². The van der Waals surface area contributed by atoms with Crippen LogP contribution in [-0.2, 0) is 23.9 Å². The minimum Gasteiger partial charge on any atom is -0.547 e. The van der Waals surface area contributed by atoms with Crippen molar-refractivity contribution < 1.29 is 44.3 Å². The highest BCUT2D eigenvalue weighted by Gasteiger charge is 2.63. The second-order valence-corrected chi connectivity index (χ2v) is 11.8. The van der Waals surface area contributed by atoms with Gasteiger partial charge in [0.05, 0.1) is 12.1 Å². The molecule has 12 atom stereocenters. The average Bonchev–Trinajstić information content (AvgIpc) is 3.07. The summed E-state index contributed by atoms with van der Waals surface area (Å²) in [5, 5.41) is 41.5. The Morgan fingerprint density at radius 3 is 2.50 bits per heavy atom. The topological polar surface area (TPSA) is 153 Å². The van der Waals surface area contributed by atoms with Gasteiger partial charge in [0.15, 0.2) is 6.29 Å². The summed E-state index contributed by atoms with van der Waals surface area (Å²) in [6.07, 6.45) is -3.07. The number of aliphatic hydroxyl groups excluding tert-OH is 3. The molecule has 0 radical (unpaired) electrons. The van der Waals surface area contributed by atoms with Gasteiger partial charge in [-0.25, -0.2) is 0 Å². The van der Waals surface area contributed by atoms with E-state index in [9.17, 15) is 34.8 Å². The number of fused-ring (bicyclic) bond motifs is 5. The van der Waals surface area contributed by atoms with Crippen molar-refractivity contribution in [2.45, 2.75) is 102 Å². The molecule has 4 aliphatic carbocycles. The zero-order valence-electron chi connectivity index (χ0n) is 19.7. The number of carboxylic acids is 1. The van der Waals surface area contributed by atoms with Crippen molar-refractivity contribution in [3.8, 4) is 0 Å².